The van der Waals surface area contributed by atoms with Crippen molar-refractivity contribution in [2.75, 3.05) is 10.6 Å². The Labute approximate surface area is 417 Å². The van der Waals surface area contributed by atoms with Crippen molar-refractivity contribution in [1.29, 1.82) is 0 Å². The van der Waals surface area contributed by atoms with Gasteiger partial charge in [0, 0.05) is 23.8 Å². The Hall–Kier alpha value is -7.08. The van der Waals surface area contributed by atoms with Gasteiger partial charge in [-0.05, 0) is 142 Å². The van der Waals surface area contributed by atoms with E-state index in [0.717, 1.165) is 56.9 Å². The summed E-state index contributed by atoms with van der Waals surface area (Å²) >= 11 is 0. The molecule has 0 aliphatic rings. The van der Waals surface area contributed by atoms with Crippen LogP contribution < -0.4 is 10.6 Å². The summed E-state index contributed by atoms with van der Waals surface area (Å²) in [7, 11) is 0. The van der Waals surface area contributed by atoms with Crippen LogP contribution in [-0.4, -0.2) is 12.4 Å². The van der Waals surface area contributed by atoms with Crippen LogP contribution in [0.3, 0.4) is 0 Å². The van der Waals surface area contributed by atoms with Crippen LogP contribution in [0.2, 0.25) is 0 Å². The molecular formula is C60H58F8N4. The third-order valence-corrected chi connectivity index (χ3v) is 13.0. The average Bonchev–Trinajstić information content (AvgIpc) is 3.34. The number of hydrogen-bond acceptors (Lipinski definition) is 4. The van der Waals surface area contributed by atoms with E-state index < -0.39 is 69.0 Å². The van der Waals surface area contributed by atoms with E-state index in [2.05, 4.69) is 20.6 Å². The molecule has 72 heavy (non-hydrogen) atoms. The summed E-state index contributed by atoms with van der Waals surface area (Å²) in [5.74, 6) is -14.3. The molecule has 7 aromatic carbocycles. The van der Waals surface area contributed by atoms with Crippen LogP contribution in [0.1, 0.15) is 135 Å². The van der Waals surface area contributed by atoms with Gasteiger partial charge in [-0.15, -0.1) is 0 Å². The van der Waals surface area contributed by atoms with Crippen molar-refractivity contribution in [2.24, 2.45) is 9.98 Å². The molecule has 0 unspecified atom stereocenters. The van der Waals surface area contributed by atoms with Gasteiger partial charge in [-0.25, -0.2) is 35.1 Å². The topological polar surface area (TPSA) is 48.8 Å². The SMILES string of the molecule is Cc1cc(-c2ccccc2-c2cc(C)c(N=Cc3c(F)c(F)c(F)c(F)c3Nc3c(C(C)C)cccc3C(C)C)c(C)c2)cc(C)c1N=Cc1c(F)c(F)c(F)c(F)c1Nc1c(C(C)C)cccc1C(C)C. The Morgan fingerprint density at radius 2 is 0.639 bits per heavy atom. The minimum absolute atomic E-state index is 0.0425. The summed E-state index contributed by atoms with van der Waals surface area (Å²) < 4.78 is 123. The van der Waals surface area contributed by atoms with Crippen LogP contribution in [0, 0.1) is 74.2 Å². The molecule has 0 aliphatic heterocycles. The standard InChI is InChI=1S/C60H58F8N4/c1-29(2)39-19-15-20-40(30(3)4)57(39)71-59-45(47(61)49(63)51(65)53(59)67)27-69-55-33(9)23-37(24-34(55)10)43-17-13-14-18-44(43)38-25-35(11)56(36(12)26-38)70-28-46-48(62)50(64)52(66)54(68)60(46)72-58-41(31(5)6)21-16-22-42(58)32(7)8/h13-32,71-72H,1-12H3. The second-order valence-corrected chi connectivity index (χ2v) is 19.6. The Kier molecular flexibility index (Phi) is 15.6. The van der Waals surface area contributed by atoms with Gasteiger partial charge in [0.2, 0.25) is 0 Å². The van der Waals surface area contributed by atoms with E-state index >= 15 is 17.6 Å². The van der Waals surface area contributed by atoms with Crippen LogP contribution in [0.25, 0.3) is 22.3 Å². The number of aliphatic imine (C=N–C) groups is 2. The largest absolute Gasteiger partial charge is 0.352 e. The molecule has 0 amide bonds. The quantitative estimate of drug-likeness (QED) is 0.0494. The van der Waals surface area contributed by atoms with Crippen molar-refractivity contribution >= 4 is 46.6 Å². The first-order valence-corrected chi connectivity index (χ1v) is 24.0. The van der Waals surface area contributed by atoms with E-state index in [0.29, 0.717) is 45.0 Å². The lowest BCUT2D eigenvalue weighted by molar-refractivity contribution is 0.410. The first kappa shape index (κ1) is 52.7. The molecule has 0 aromatic heterocycles. The fourth-order valence-electron chi connectivity index (χ4n) is 9.30. The molecule has 12 heteroatoms. The molecule has 0 atom stereocenters. The summed E-state index contributed by atoms with van der Waals surface area (Å²) in [6.07, 6.45) is 2.02. The predicted octanol–water partition coefficient (Wildman–Crippen LogP) is 18.8. The first-order chi connectivity index (χ1) is 34.0. The number of para-hydroxylation sites is 2. The third-order valence-electron chi connectivity index (χ3n) is 13.0. The van der Waals surface area contributed by atoms with E-state index in [-0.39, 0.29) is 23.7 Å². The minimum Gasteiger partial charge on any atom is -0.352 e. The fourth-order valence-corrected chi connectivity index (χ4v) is 9.30. The van der Waals surface area contributed by atoms with Gasteiger partial charge in [0.05, 0.1) is 33.9 Å². The number of nitrogens with one attached hydrogen (secondary N) is 2. The maximum Gasteiger partial charge on any atom is 0.199 e. The van der Waals surface area contributed by atoms with E-state index in [9.17, 15) is 17.6 Å². The normalized spacial score (nSPS) is 12.0. The highest BCUT2D eigenvalue weighted by atomic mass is 19.2. The van der Waals surface area contributed by atoms with Crippen LogP contribution >= 0.6 is 0 Å². The Balaban J connectivity index is 1.25. The van der Waals surface area contributed by atoms with Gasteiger partial charge in [-0.3, -0.25) is 9.98 Å². The highest BCUT2D eigenvalue weighted by molar-refractivity contribution is 5.94. The molecule has 7 rings (SSSR count). The summed E-state index contributed by atoms with van der Waals surface area (Å²) in [6.45, 7) is 22.8. The van der Waals surface area contributed by atoms with Crippen LogP contribution in [-0.2, 0) is 0 Å². The molecule has 374 valence electrons. The van der Waals surface area contributed by atoms with Crippen molar-refractivity contribution in [3.63, 3.8) is 0 Å². The molecule has 2 N–H and O–H groups in total. The Morgan fingerprint density at radius 1 is 0.361 bits per heavy atom. The van der Waals surface area contributed by atoms with E-state index in [4.69, 9.17) is 0 Å². The zero-order valence-corrected chi connectivity index (χ0v) is 42.5. The fraction of sp³-hybridized carbons (Fsp3) is 0.267. The number of halogens is 8. The number of hydrogen-bond donors (Lipinski definition) is 2. The number of anilines is 4. The van der Waals surface area contributed by atoms with Crippen molar-refractivity contribution in [3.05, 3.63) is 187 Å². The maximum absolute atomic E-state index is 15.8. The van der Waals surface area contributed by atoms with Gasteiger partial charge in [-0.2, -0.15) is 0 Å². The smallest absolute Gasteiger partial charge is 0.199 e. The lowest BCUT2D eigenvalue weighted by Crippen LogP contribution is -2.11. The molecule has 7 aromatic rings. The number of rotatable bonds is 14. The molecule has 0 aliphatic carbocycles. The van der Waals surface area contributed by atoms with Gasteiger partial charge >= 0.3 is 0 Å². The first-order valence-electron chi connectivity index (χ1n) is 24.0. The zero-order chi connectivity index (χ0) is 52.6. The summed E-state index contributed by atoms with van der Waals surface area (Å²) in [5, 5.41) is 5.89. The van der Waals surface area contributed by atoms with Crippen LogP contribution in [0.5, 0.6) is 0 Å². The van der Waals surface area contributed by atoms with Crippen LogP contribution in [0.15, 0.2) is 94.9 Å². The molecule has 0 saturated heterocycles. The Morgan fingerprint density at radius 3 is 0.917 bits per heavy atom. The maximum atomic E-state index is 15.8. The molecule has 4 nitrogen and oxygen atoms in total. The van der Waals surface area contributed by atoms with Gasteiger partial charge in [0.25, 0.3) is 0 Å². The highest BCUT2D eigenvalue weighted by Crippen LogP contribution is 2.42. The summed E-state index contributed by atoms with van der Waals surface area (Å²) in [5.41, 5.74) is 8.45. The van der Waals surface area contributed by atoms with Crippen LogP contribution in [0.4, 0.5) is 69.2 Å². The number of benzene rings is 7. The van der Waals surface area contributed by atoms with Crippen molar-refractivity contribution in [3.8, 4) is 22.3 Å². The average molecular weight is 987 g/mol. The van der Waals surface area contributed by atoms with Crippen molar-refractivity contribution in [1.82, 2.24) is 0 Å². The molecule has 0 bridgehead atoms. The van der Waals surface area contributed by atoms with Gasteiger partial charge in [-0.1, -0.05) is 116 Å². The van der Waals surface area contributed by atoms with E-state index in [1.165, 1.54) is 0 Å². The molecule has 0 heterocycles. The lowest BCUT2D eigenvalue weighted by Gasteiger charge is -2.22. The predicted molar refractivity (Wildman–Crippen MR) is 279 cm³/mol. The number of aryl methyl sites for hydroxylation is 4. The van der Waals surface area contributed by atoms with Gasteiger partial charge in [0.1, 0.15) is 0 Å². The third kappa shape index (κ3) is 10.2. The van der Waals surface area contributed by atoms with E-state index in [1.54, 1.807) is 27.7 Å². The van der Waals surface area contributed by atoms with E-state index in [1.807, 2.05) is 140 Å². The monoisotopic (exact) mass is 986 g/mol. The molecular weight excluding hydrogens is 929 g/mol. The summed E-state index contributed by atoms with van der Waals surface area (Å²) in [6, 6.07) is 26.3. The highest BCUT2D eigenvalue weighted by Gasteiger charge is 2.29. The second kappa shape index (κ2) is 21.3. The molecule has 0 radical (unpaired) electrons. The zero-order valence-electron chi connectivity index (χ0n) is 42.5. The van der Waals surface area contributed by atoms with Crippen molar-refractivity contribution < 1.29 is 35.1 Å². The lowest BCUT2D eigenvalue weighted by atomic mass is 9.90. The van der Waals surface area contributed by atoms with Gasteiger partial charge in [0.15, 0.2) is 46.5 Å². The second-order valence-electron chi connectivity index (χ2n) is 19.6. The molecule has 0 fully saturated rings. The number of nitrogens with zero attached hydrogens (tertiary/aromatic N) is 2. The summed E-state index contributed by atoms with van der Waals surface area (Å²) in [4.78, 5) is 9.12. The minimum atomic E-state index is -1.95. The Bertz CT molecular complexity index is 2980. The van der Waals surface area contributed by atoms with Crippen molar-refractivity contribution in [2.45, 2.75) is 107 Å². The molecule has 0 spiro atoms. The molecule has 0 saturated carbocycles. The van der Waals surface area contributed by atoms with Gasteiger partial charge < -0.3 is 10.6 Å².